The summed E-state index contributed by atoms with van der Waals surface area (Å²) in [6, 6.07) is 0. The molecule has 0 aliphatic rings. The number of nitrogens with zero attached hydrogens (tertiary/aromatic N) is 16. The third-order valence-electron chi connectivity index (χ3n) is 3.82. The Hall–Kier alpha value is -5.80. The molecule has 0 unspecified atom stereocenters. The van der Waals surface area contributed by atoms with Crippen LogP contribution in [-0.4, -0.2) is 80.4 Å². The summed E-state index contributed by atoms with van der Waals surface area (Å²) in [5, 5.41) is 21.4. The van der Waals surface area contributed by atoms with Gasteiger partial charge in [0.15, 0.2) is 0 Å². The summed E-state index contributed by atoms with van der Waals surface area (Å²) in [5.74, 6) is 1.47. The second-order valence-electron chi connectivity index (χ2n) is 7.63. The quantitative estimate of drug-likeness (QED) is 0.141. The van der Waals surface area contributed by atoms with Crippen molar-refractivity contribution in [2.45, 2.75) is 132 Å². The fourth-order valence-corrected chi connectivity index (χ4v) is 1.97. The Morgan fingerprint density at radius 2 is 0.818 bits per heavy atom. The predicted molar refractivity (Wildman–Crippen MR) is 227 cm³/mol. The van der Waals surface area contributed by atoms with Gasteiger partial charge in [-0.15, -0.1) is 15.3 Å². The highest BCUT2D eigenvalue weighted by molar-refractivity contribution is 4.97. The minimum Gasteiger partial charge on any atom is -0.261 e. The van der Waals surface area contributed by atoms with E-state index in [4.69, 9.17) is 0 Å². The average molecular weight is 765 g/mol. The topological polar surface area (TPSA) is 206 Å². The van der Waals surface area contributed by atoms with Crippen LogP contribution < -0.4 is 0 Å². The molecule has 0 bridgehead atoms. The maximum Gasteiger partial charge on any atom is 0.147 e. The molecule has 0 spiro atoms. The van der Waals surface area contributed by atoms with E-state index >= 15 is 0 Å². The number of aromatic nitrogens is 16. The van der Waals surface area contributed by atoms with Gasteiger partial charge in [-0.2, -0.15) is 15.3 Å². The van der Waals surface area contributed by atoms with E-state index in [-0.39, 0.29) is 7.43 Å². The van der Waals surface area contributed by atoms with Gasteiger partial charge in [0, 0.05) is 37.2 Å². The summed E-state index contributed by atoms with van der Waals surface area (Å²) < 4.78 is 0. The number of hydrogen-bond donors (Lipinski definition) is 0. The Morgan fingerprint density at radius 1 is 0.309 bits per heavy atom. The lowest BCUT2D eigenvalue weighted by Gasteiger charge is -1.81. The number of rotatable bonds is 0. The van der Waals surface area contributed by atoms with Crippen molar-refractivity contribution >= 4 is 0 Å². The SMILES string of the molecule is C.CC.CC.CC.CC.CC.CC.Cc1cnccn1.Cc1cncnc1.Cc1cncnn1.Cc1cnncn1.Cc1nccnn1.Cc1ncncn1. The van der Waals surface area contributed by atoms with Crippen LogP contribution in [0.1, 0.15) is 125 Å². The van der Waals surface area contributed by atoms with Gasteiger partial charge < -0.3 is 0 Å². The van der Waals surface area contributed by atoms with Crippen LogP contribution in [0.4, 0.5) is 0 Å². The van der Waals surface area contributed by atoms with E-state index in [1.165, 1.54) is 31.6 Å². The molecule has 0 amide bonds. The highest BCUT2D eigenvalue weighted by Crippen LogP contribution is 1.84. The van der Waals surface area contributed by atoms with Gasteiger partial charge in [0.2, 0.25) is 0 Å². The first kappa shape index (κ1) is 64.2. The first-order valence-electron chi connectivity index (χ1n) is 18.2. The zero-order valence-electron chi connectivity index (χ0n) is 36.2. The van der Waals surface area contributed by atoms with E-state index in [0.717, 1.165) is 28.5 Å². The van der Waals surface area contributed by atoms with E-state index < -0.39 is 0 Å². The zero-order chi connectivity index (χ0) is 42.7. The lowest BCUT2D eigenvalue weighted by Crippen LogP contribution is -1.85. The van der Waals surface area contributed by atoms with Crippen molar-refractivity contribution in [2.24, 2.45) is 0 Å². The van der Waals surface area contributed by atoms with Gasteiger partial charge in [-0.05, 0) is 47.1 Å². The van der Waals surface area contributed by atoms with E-state index in [1.807, 2.05) is 118 Å². The van der Waals surface area contributed by atoms with Gasteiger partial charge in [-0.25, -0.2) is 39.9 Å². The Morgan fingerprint density at radius 3 is 1.04 bits per heavy atom. The first-order valence-corrected chi connectivity index (χ1v) is 18.2. The van der Waals surface area contributed by atoms with Gasteiger partial charge in [0.25, 0.3) is 0 Å². The summed E-state index contributed by atoms with van der Waals surface area (Å²) in [6.07, 6.45) is 22.3. The van der Waals surface area contributed by atoms with E-state index in [9.17, 15) is 0 Å². The van der Waals surface area contributed by atoms with Crippen molar-refractivity contribution in [1.29, 1.82) is 0 Å². The molecule has 16 nitrogen and oxygen atoms in total. The fourth-order valence-electron chi connectivity index (χ4n) is 1.97. The fraction of sp³-hybridized carbons (Fsp3) is 0.487. The smallest absolute Gasteiger partial charge is 0.147 e. The molecule has 16 heteroatoms. The minimum atomic E-state index is 0. The molecule has 0 atom stereocenters. The highest BCUT2D eigenvalue weighted by atomic mass is 15.1. The lowest BCUT2D eigenvalue weighted by molar-refractivity contribution is 0.907. The summed E-state index contributed by atoms with van der Waals surface area (Å²) in [5.41, 5.74) is 3.81. The van der Waals surface area contributed by atoms with Crippen molar-refractivity contribution in [3.05, 3.63) is 122 Å². The highest BCUT2D eigenvalue weighted by Gasteiger charge is 1.78. The van der Waals surface area contributed by atoms with Crippen LogP contribution in [0.2, 0.25) is 0 Å². The van der Waals surface area contributed by atoms with Crippen molar-refractivity contribution in [2.75, 3.05) is 0 Å². The number of aryl methyl sites for hydroxylation is 6. The van der Waals surface area contributed by atoms with Gasteiger partial charge in [0.05, 0.1) is 35.7 Å². The molecular formula is C39H72N16. The Labute approximate surface area is 333 Å². The van der Waals surface area contributed by atoms with Crippen LogP contribution in [-0.2, 0) is 0 Å². The monoisotopic (exact) mass is 765 g/mol. The first-order chi connectivity index (χ1) is 26.4. The van der Waals surface area contributed by atoms with Crippen molar-refractivity contribution in [3.8, 4) is 0 Å². The summed E-state index contributed by atoms with van der Waals surface area (Å²) in [7, 11) is 0. The molecule has 6 aromatic rings. The van der Waals surface area contributed by atoms with Crippen molar-refractivity contribution in [1.82, 2.24) is 80.4 Å². The molecule has 6 aromatic heterocycles. The van der Waals surface area contributed by atoms with Gasteiger partial charge in [-0.1, -0.05) is 90.5 Å². The second kappa shape index (κ2) is 60.3. The Kier molecular flexibility index (Phi) is 70.4. The van der Waals surface area contributed by atoms with E-state index in [2.05, 4.69) is 80.4 Å². The van der Waals surface area contributed by atoms with Crippen molar-refractivity contribution < 1.29 is 0 Å². The van der Waals surface area contributed by atoms with Crippen molar-refractivity contribution in [3.63, 3.8) is 0 Å². The zero-order valence-corrected chi connectivity index (χ0v) is 36.2. The number of hydrogen-bond acceptors (Lipinski definition) is 16. The molecule has 0 aliphatic heterocycles. The molecule has 55 heavy (non-hydrogen) atoms. The maximum atomic E-state index is 3.92. The molecular weight excluding hydrogens is 693 g/mol. The van der Waals surface area contributed by atoms with Crippen LogP contribution in [0, 0.1) is 41.5 Å². The summed E-state index contributed by atoms with van der Waals surface area (Å²) >= 11 is 0. The minimum absolute atomic E-state index is 0. The molecule has 0 N–H and O–H groups in total. The largest absolute Gasteiger partial charge is 0.261 e. The molecule has 6 heterocycles. The molecule has 0 saturated carbocycles. The van der Waals surface area contributed by atoms with Crippen LogP contribution >= 0.6 is 0 Å². The predicted octanol–water partition coefficient (Wildman–Crippen LogP) is 9.08. The van der Waals surface area contributed by atoms with Crippen LogP contribution in [0.25, 0.3) is 0 Å². The summed E-state index contributed by atoms with van der Waals surface area (Å²) in [6.45, 7) is 35.2. The normalized spacial score (nSPS) is 7.31. The third-order valence-corrected chi connectivity index (χ3v) is 3.82. The molecule has 308 valence electrons. The van der Waals surface area contributed by atoms with Crippen LogP contribution in [0.3, 0.4) is 0 Å². The Balaban J connectivity index is -0.0000000949. The Bertz CT molecular complexity index is 1120. The molecule has 0 aromatic carbocycles. The molecule has 6 rings (SSSR count). The lowest BCUT2D eigenvalue weighted by atomic mass is 10.4. The average Bonchev–Trinajstić information content (AvgIpc) is 3.25. The van der Waals surface area contributed by atoms with Gasteiger partial charge >= 0.3 is 0 Å². The molecule has 0 aliphatic carbocycles. The molecule has 0 saturated heterocycles. The standard InChI is InChI=1S/2C5H6N2.4C4H5N3.6C2H6.CH4/c1-5-2-6-4-7-3-5;1-5-4-6-2-3-7-5;1-4-6-2-5-3-7-4;1-4-2-6-7-3-5-4;1-4-2-5-3-6-7-4;1-4-5-2-3-6-7-4;6*1-2;/h2*2-4H,1H3;4*2-3H,1H3;6*1-2H3;1H4. The molecule has 0 fully saturated rings. The van der Waals surface area contributed by atoms with E-state index in [0.29, 0.717) is 5.82 Å². The summed E-state index contributed by atoms with van der Waals surface area (Å²) in [4.78, 5) is 37.7. The second-order valence-corrected chi connectivity index (χ2v) is 7.63. The molecule has 0 radical (unpaired) electrons. The van der Waals surface area contributed by atoms with Crippen LogP contribution in [0.15, 0.2) is 87.4 Å². The maximum absolute atomic E-state index is 3.92. The van der Waals surface area contributed by atoms with Gasteiger partial charge in [-0.3, -0.25) is 9.97 Å². The van der Waals surface area contributed by atoms with Gasteiger partial charge in [0.1, 0.15) is 43.3 Å². The van der Waals surface area contributed by atoms with E-state index in [1.54, 1.807) is 62.7 Å². The van der Waals surface area contributed by atoms with Crippen LogP contribution in [0.5, 0.6) is 0 Å². The third kappa shape index (κ3) is 57.8.